The van der Waals surface area contributed by atoms with E-state index in [4.69, 9.17) is 4.74 Å². The highest BCUT2D eigenvalue weighted by Crippen LogP contribution is 2.23. The number of pyridine rings is 1. The van der Waals surface area contributed by atoms with Gasteiger partial charge in [-0.05, 0) is 32.4 Å². The van der Waals surface area contributed by atoms with Crippen LogP contribution < -0.4 is 5.32 Å². The van der Waals surface area contributed by atoms with Crippen molar-refractivity contribution in [2.24, 2.45) is 0 Å². The van der Waals surface area contributed by atoms with Gasteiger partial charge in [-0.25, -0.2) is 4.98 Å². The Bertz CT molecular complexity index is 436. The van der Waals surface area contributed by atoms with Crippen LogP contribution in [0.25, 0.3) is 0 Å². The van der Waals surface area contributed by atoms with Gasteiger partial charge in [0.1, 0.15) is 11.9 Å². The molecule has 1 N–H and O–H groups in total. The summed E-state index contributed by atoms with van der Waals surface area (Å²) in [4.78, 5) is 18.4. The predicted molar refractivity (Wildman–Crippen MR) is 73.8 cm³/mol. The number of rotatable bonds is 5. The summed E-state index contributed by atoms with van der Waals surface area (Å²) in [6, 6.07) is 3.86. The van der Waals surface area contributed by atoms with Crippen LogP contribution in [0.15, 0.2) is 18.3 Å². The van der Waals surface area contributed by atoms with E-state index in [9.17, 15) is 4.79 Å². The maximum absolute atomic E-state index is 11.9. The number of nitrogens with zero attached hydrogens (tertiary/aromatic N) is 2. The van der Waals surface area contributed by atoms with Crippen LogP contribution in [0.2, 0.25) is 0 Å². The molecule has 1 saturated heterocycles. The van der Waals surface area contributed by atoms with Crippen LogP contribution in [0.3, 0.4) is 0 Å². The minimum absolute atomic E-state index is 0.102. The lowest BCUT2D eigenvalue weighted by atomic mass is 10.2. The lowest BCUT2D eigenvalue weighted by Gasteiger charge is -2.23. The number of esters is 1. The van der Waals surface area contributed by atoms with Crippen molar-refractivity contribution in [2.75, 3.05) is 25.5 Å². The van der Waals surface area contributed by atoms with E-state index in [1.54, 1.807) is 6.20 Å². The number of hydrogen-bond acceptors (Lipinski definition) is 5. The van der Waals surface area contributed by atoms with E-state index >= 15 is 0 Å². The summed E-state index contributed by atoms with van der Waals surface area (Å²) in [5, 5.41) is 3.08. The maximum Gasteiger partial charge on any atom is 0.323 e. The highest BCUT2D eigenvalue weighted by atomic mass is 16.5. The second kappa shape index (κ2) is 6.52. The van der Waals surface area contributed by atoms with Gasteiger partial charge in [-0.2, -0.15) is 0 Å². The predicted octanol–water partition coefficient (Wildman–Crippen LogP) is 1.65. The first kappa shape index (κ1) is 13.8. The van der Waals surface area contributed by atoms with Crippen LogP contribution >= 0.6 is 0 Å². The Morgan fingerprint density at radius 2 is 2.47 bits per heavy atom. The Balaban J connectivity index is 2.07. The van der Waals surface area contributed by atoms with E-state index in [1.807, 2.05) is 26.1 Å². The second-order valence-electron chi connectivity index (χ2n) is 4.64. The Hall–Kier alpha value is -1.62. The highest BCUT2D eigenvalue weighted by molar-refractivity contribution is 5.76. The first-order valence-corrected chi connectivity index (χ1v) is 6.78. The van der Waals surface area contributed by atoms with Crippen LogP contribution in [-0.4, -0.2) is 42.1 Å². The fourth-order valence-corrected chi connectivity index (χ4v) is 2.53. The van der Waals surface area contributed by atoms with Gasteiger partial charge >= 0.3 is 5.97 Å². The molecule has 1 aliphatic rings. The molecule has 5 nitrogen and oxygen atoms in total. The normalized spacial score (nSPS) is 19.4. The third-order valence-electron chi connectivity index (χ3n) is 3.42. The van der Waals surface area contributed by atoms with Gasteiger partial charge in [0.05, 0.1) is 6.61 Å². The van der Waals surface area contributed by atoms with Gasteiger partial charge in [-0.1, -0.05) is 6.07 Å². The van der Waals surface area contributed by atoms with Crippen molar-refractivity contribution < 1.29 is 9.53 Å². The number of carbonyl (C=O) groups excluding carboxylic acids is 1. The molecule has 1 unspecified atom stereocenters. The van der Waals surface area contributed by atoms with Crippen molar-refractivity contribution >= 4 is 11.8 Å². The van der Waals surface area contributed by atoms with E-state index in [-0.39, 0.29) is 12.0 Å². The molecule has 0 aromatic carbocycles. The third-order valence-corrected chi connectivity index (χ3v) is 3.42. The molecule has 0 amide bonds. The van der Waals surface area contributed by atoms with E-state index in [0.29, 0.717) is 6.61 Å². The zero-order valence-corrected chi connectivity index (χ0v) is 11.6. The summed E-state index contributed by atoms with van der Waals surface area (Å²) in [5.74, 6) is 0.770. The van der Waals surface area contributed by atoms with E-state index in [0.717, 1.165) is 37.3 Å². The van der Waals surface area contributed by atoms with E-state index in [2.05, 4.69) is 15.2 Å². The quantitative estimate of drug-likeness (QED) is 0.819. The van der Waals surface area contributed by atoms with Gasteiger partial charge in [0.25, 0.3) is 0 Å². The highest BCUT2D eigenvalue weighted by Gasteiger charge is 2.32. The topological polar surface area (TPSA) is 54.5 Å². The molecule has 2 rings (SSSR count). The van der Waals surface area contributed by atoms with Crippen LogP contribution in [0.5, 0.6) is 0 Å². The lowest BCUT2D eigenvalue weighted by Crippen LogP contribution is -2.37. The third kappa shape index (κ3) is 3.23. The molecule has 1 aromatic rings. The largest absolute Gasteiger partial charge is 0.465 e. The monoisotopic (exact) mass is 263 g/mol. The lowest BCUT2D eigenvalue weighted by molar-refractivity contribution is -0.148. The average molecular weight is 263 g/mol. The summed E-state index contributed by atoms with van der Waals surface area (Å²) in [6.45, 7) is 3.95. The number of likely N-dealkylation sites (tertiary alicyclic amines) is 1. The molecule has 0 aliphatic carbocycles. The van der Waals surface area contributed by atoms with Crippen LogP contribution in [0, 0.1) is 0 Å². The Morgan fingerprint density at radius 1 is 1.63 bits per heavy atom. The van der Waals surface area contributed by atoms with Crippen LogP contribution in [-0.2, 0) is 16.1 Å². The molecular formula is C14H21N3O2. The fourth-order valence-electron chi connectivity index (χ4n) is 2.53. The molecule has 1 aromatic heterocycles. The summed E-state index contributed by atoms with van der Waals surface area (Å²) < 4.78 is 5.14. The first-order valence-electron chi connectivity index (χ1n) is 6.78. The summed E-state index contributed by atoms with van der Waals surface area (Å²) in [5.41, 5.74) is 1.11. The minimum Gasteiger partial charge on any atom is -0.465 e. The fraction of sp³-hybridized carbons (Fsp3) is 0.571. The maximum atomic E-state index is 11.9. The van der Waals surface area contributed by atoms with Gasteiger partial charge in [0, 0.05) is 25.4 Å². The number of carbonyl (C=O) groups is 1. The molecule has 1 atom stereocenters. The van der Waals surface area contributed by atoms with Crippen molar-refractivity contribution in [1.29, 1.82) is 0 Å². The van der Waals surface area contributed by atoms with Crippen LogP contribution in [0.1, 0.15) is 25.3 Å². The Kier molecular flexibility index (Phi) is 4.74. The molecule has 0 saturated carbocycles. The smallest absolute Gasteiger partial charge is 0.323 e. The second-order valence-corrected chi connectivity index (χ2v) is 4.64. The number of hydrogen-bond donors (Lipinski definition) is 1. The van der Waals surface area contributed by atoms with Crippen molar-refractivity contribution in [3.8, 4) is 0 Å². The van der Waals surface area contributed by atoms with Gasteiger partial charge in [-0.3, -0.25) is 9.69 Å². The summed E-state index contributed by atoms with van der Waals surface area (Å²) in [6.07, 6.45) is 3.69. The van der Waals surface area contributed by atoms with Gasteiger partial charge in [0.2, 0.25) is 0 Å². The van der Waals surface area contributed by atoms with Gasteiger partial charge < -0.3 is 10.1 Å². The minimum atomic E-state index is -0.107. The SMILES string of the molecule is CCOC(=O)C1CCCN1Cc1cccnc1NC. The number of nitrogens with one attached hydrogen (secondary N) is 1. The molecule has 2 heterocycles. The Labute approximate surface area is 114 Å². The molecule has 0 radical (unpaired) electrons. The molecule has 1 aliphatic heterocycles. The van der Waals surface area contributed by atoms with Crippen molar-refractivity contribution in [2.45, 2.75) is 32.4 Å². The molecule has 0 spiro atoms. The molecule has 1 fully saturated rings. The van der Waals surface area contributed by atoms with Crippen LogP contribution in [0.4, 0.5) is 5.82 Å². The number of anilines is 1. The number of ether oxygens (including phenoxy) is 1. The van der Waals surface area contributed by atoms with Gasteiger partial charge in [0.15, 0.2) is 0 Å². The standard InChI is InChI=1S/C14H21N3O2/c1-3-19-14(18)12-7-5-9-17(12)10-11-6-4-8-16-13(11)15-2/h4,6,8,12H,3,5,7,9-10H2,1-2H3,(H,15,16). The first-order chi connectivity index (χ1) is 9.26. The zero-order chi connectivity index (χ0) is 13.7. The molecule has 104 valence electrons. The number of aromatic nitrogens is 1. The molecular weight excluding hydrogens is 242 g/mol. The molecule has 19 heavy (non-hydrogen) atoms. The molecule has 0 bridgehead atoms. The van der Waals surface area contributed by atoms with Crippen molar-refractivity contribution in [1.82, 2.24) is 9.88 Å². The summed E-state index contributed by atoms with van der Waals surface area (Å²) in [7, 11) is 1.86. The van der Waals surface area contributed by atoms with E-state index in [1.165, 1.54) is 0 Å². The molecule has 5 heteroatoms. The van der Waals surface area contributed by atoms with Crippen molar-refractivity contribution in [3.05, 3.63) is 23.9 Å². The zero-order valence-electron chi connectivity index (χ0n) is 11.6. The average Bonchev–Trinajstić information content (AvgIpc) is 2.88. The summed E-state index contributed by atoms with van der Waals surface area (Å²) >= 11 is 0. The van der Waals surface area contributed by atoms with Crippen molar-refractivity contribution in [3.63, 3.8) is 0 Å². The van der Waals surface area contributed by atoms with Gasteiger partial charge in [-0.15, -0.1) is 0 Å². The Morgan fingerprint density at radius 3 is 3.21 bits per heavy atom. The van der Waals surface area contributed by atoms with E-state index < -0.39 is 0 Å².